The van der Waals surface area contributed by atoms with Crippen LogP contribution in [0.1, 0.15) is 23.4 Å². The van der Waals surface area contributed by atoms with Gasteiger partial charge in [0.15, 0.2) is 0 Å². The van der Waals surface area contributed by atoms with E-state index < -0.39 is 0 Å². The summed E-state index contributed by atoms with van der Waals surface area (Å²) in [5, 5.41) is 13.0. The second kappa shape index (κ2) is 4.85. The Balaban J connectivity index is 2.14. The van der Waals surface area contributed by atoms with Crippen LogP contribution in [0.4, 0.5) is 10.7 Å². The molecule has 17 heavy (non-hydrogen) atoms. The number of nitrogens with zero attached hydrogens (tertiary/aromatic N) is 2. The van der Waals surface area contributed by atoms with Crippen molar-refractivity contribution in [3.8, 4) is 6.07 Å². The topological polar surface area (TPSA) is 74.7 Å². The molecule has 2 rings (SSSR count). The highest BCUT2D eigenvalue weighted by atomic mass is 32.1. The standard InChI is InChI=1S/C12H12N4S/c1-8(9-2-4-15-5-3-9)16-12-6-10(14)11(7-13)17-12/h2-6,8,16H,14H2,1H3. The number of rotatable bonds is 3. The first-order valence-corrected chi connectivity index (χ1v) is 5.98. The van der Waals surface area contributed by atoms with Crippen molar-refractivity contribution in [3.63, 3.8) is 0 Å². The smallest absolute Gasteiger partial charge is 0.129 e. The van der Waals surface area contributed by atoms with E-state index in [0.717, 1.165) is 10.6 Å². The molecule has 0 aliphatic carbocycles. The fraction of sp³-hybridized carbons (Fsp3) is 0.167. The van der Waals surface area contributed by atoms with Gasteiger partial charge in [-0.25, -0.2) is 0 Å². The van der Waals surface area contributed by atoms with Crippen molar-refractivity contribution in [1.29, 1.82) is 5.26 Å². The number of hydrogen-bond donors (Lipinski definition) is 2. The number of nitrogen functional groups attached to an aromatic ring is 1. The molecule has 2 aromatic heterocycles. The van der Waals surface area contributed by atoms with Gasteiger partial charge in [-0.15, -0.1) is 11.3 Å². The van der Waals surface area contributed by atoms with E-state index in [0.29, 0.717) is 10.6 Å². The highest BCUT2D eigenvalue weighted by molar-refractivity contribution is 7.17. The maximum Gasteiger partial charge on any atom is 0.129 e. The lowest BCUT2D eigenvalue weighted by Crippen LogP contribution is -2.05. The maximum atomic E-state index is 8.83. The summed E-state index contributed by atoms with van der Waals surface area (Å²) in [5.74, 6) is 0. The molecule has 2 aromatic rings. The molecule has 0 spiro atoms. The second-order valence-corrected chi connectivity index (χ2v) is 4.71. The minimum absolute atomic E-state index is 0.155. The zero-order valence-corrected chi connectivity index (χ0v) is 10.2. The van der Waals surface area contributed by atoms with Gasteiger partial charge in [0.25, 0.3) is 0 Å². The molecule has 4 nitrogen and oxygen atoms in total. The monoisotopic (exact) mass is 244 g/mol. The lowest BCUT2D eigenvalue weighted by Gasteiger charge is -2.13. The first-order chi connectivity index (χ1) is 8.20. The molecule has 0 aromatic carbocycles. The third-order valence-electron chi connectivity index (χ3n) is 2.43. The van der Waals surface area contributed by atoms with E-state index in [1.807, 2.05) is 12.1 Å². The lowest BCUT2D eigenvalue weighted by molar-refractivity contribution is 0.885. The van der Waals surface area contributed by atoms with E-state index in [1.165, 1.54) is 11.3 Å². The van der Waals surface area contributed by atoms with Gasteiger partial charge in [0, 0.05) is 18.4 Å². The van der Waals surface area contributed by atoms with Crippen molar-refractivity contribution in [2.24, 2.45) is 0 Å². The van der Waals surface area contributed by atoms with Crippen molar-refractivity contribution in [2.75, 3.05) is 11.1 Å². The summed E-state index contributed by atoms with van der Waals surface area (Å²) < 4.78 is 0. The average molecular weight is 244 g/mol. The molecule has 0 aliphatic rings. The maximum absolute atomic E-state index is 8.83. The Hall–Kier alpha value is -2.06. The molecule has 0 fully saturated rings. The van der Waals surface area contributed by atoms with Crippen LogP contribution in [-0.4, -0.2) is 4.98 Å². The first kappa shape index (κ1) is 11.4. The number of thiophene rings is 1. The van der Waals surface area contributed by atoms with Crippen LogP contribution in [-0.2, 0) is 0 Å². The third-order valence-corrected chi connectivity index (χ3v) is 3.41. The number of pyridine rings is 1. The van der Waals surface area contributed by atoms with Crippen molar-refractivity contribution < 1.29 is 0 Å². The predicted octanol–water partition coefficient (Wildman–Crippen LogP) is 2.77. The summed E-state index contributed by atoms with van der Waals surface area (Å²) in [4.78, 5) is 4.53. The van der Waals surface area contributed by atoms with Crippen molar-refractivity contribution in [3.05, 3.63) is 41.0 Å². The number of anilines is 2. The molecular weight excluding hydrogens is 232 g/mol. The number of nitriles is 1. The van der Waals surface area contributed by atoms with E-state index in [4.69, 9.17) is 11.0 Å². The highest BCUT2D eigenvalue weighted by Crippen LogP contribution is 2.30. The Bertz CT molecular complexity index is 541. The molecule has 0 bridgehead atoms. The minimum atomic E-state index is 0.155. The van der Waals surface area contributed by atoms with Gasteiger partial charge in [-0.2, -0.15) is 5.26 Å². The summed E-state index contributed by atoms with van der Waals surface area (Å²) in [6.45, 7) is 2.05. The van der Waals surface area contributed by atoms with E-state index in [9.17, 15) is 0 Å². The van der Waals surface area contributed by atoms with Gasteiger partial charge in [0.1, 0.15) is 10.9 Å². The first-order valence-electron chi connectivity index (χ1n) is 5.16. The van der Waals surface area contributed by atoms with Crippen LogP contribution in [0.5, 0.6) is 0 Å². The van der Waals surface area contributed by atoms with E-state index >= 15 is 0 Å². The quantitative estimate of drug-likeness (QED) is 0.870. The lowest BCUT2D eigenvalue weighted by atomic mass is 10.1. The van der Waals surface area contributed by atoms with Crippen LogP contribution in [0, 0.1) is 11.3 Å². The molecule has 2 heterocycles. The molecule has 5 heteroatoms. The van der Waals surface area contributed by atoms with Crippen LogP contribution < -0.4 is 11.1 Å². The molecule has 1 unspecified atom stereocenters. The van der Waals surface area contributed by atoms with Gasteiger partial charge >= 0.3 is 0 Å². The fourth-order valence-electron chi connectivity index (χ4n) is 1.51. The Kier molecular flexibility index (Phi) is 3.26. The number of hydrogen-bond acceptors (Lipinski definition) is 5. The van der Waals surface area contributed by atoms with Gasteiger partial charge < -0.3 is 11.1 Å². The Morgan fingerprint density at radius 3 is 2.76 bits per heavy atom. The van der Waals surface area contributed by atoms with Crippen LogP contribution >= 0.6 is 11.3 Å². The van der Waals surface area contributed by atoms with E-state index in [1.54, 1.807) is 18.5 Å². The van der Waals surface area contributed by atoms with Gasteiger partial charge in [-0.3, -0.25) is 4.98 Å². The van der Waals surface area contributed by atoms with Gasteiger partial charge in [-0.1, -0.05) is 0 Å². The van der Waals surface area contributed by atoms with E-state index in [-0.39, 0.29) is 6.04 Å². The largest absolute Gasteiger partial charge is 0.397 e. The predicted molar refractivity (Wildman–Crippen MR) is 69.7 cm³/mol. The molecule has 0 saturated heterocycles. The minimum Gasteiger partial charge on any atom is -0.397 e. The Labute approximate surface area is 104 Å². The molecule has 86 valence electrons. The highest BCUT2D eigenvalue weighted by Gasteiger charge is 2.09. The van der Waals surface area contributed by atoms with Crippen molar-refractivity contribution in [1.82, 2.24) is 4.98 Å². The van der Waals surface area contributed by atoms with Crippen LogP contribution in [0.25, 0.3) is 0 Å². The molecule has 0 radical (unpaired) electrons. The summed E-state index contributed by atoms with van der Waals surface area (Å²) in [5.41, 5.74) is 7.38. The van der Waals surface area contributed by atoms with Crippen LogP contribution in [0.3, 0.4) is 0 Å². The van der Waals surface area contributed by atoms with Crippen LogP contribution in [0.2, 0.25) is 0 Å². The molecular formula is C12H12N4S. The van der Waals surface area contributed by atoms with Gasteiger partial charge in [0.05, 0.1) is 10.7 Å². The zero-order valence-electron chi connectivity index (χ0n) is 9.34. The number of nitrogens with one attached hydrogen (secondary N) is 1. The summed E-state index contributed by atoms with van der Waals surface area (Å²) >= 11 is 1.37. The van der Waals surface area contributed by atoms with Crippen LogP contribution in [0.15, 0.2) is 30.6 Å². The molecule has 0 saturated carbocycles. The van der Waals surface area contributed by atoms with Crippen molar-refractivity contribution in [2.45, 2.75) is 13.0 Å². The third kappa shape index (κ3) is 2.55. The molecule has 1 atom stereocenters. The van der Waals surface area contributed by atoms with Gasteiger partial charge in [-0.05, 0) is 30.7 Å². The molecule has 3 N–H and O–H groups in total. The summed E-state index contributed by atoms with van der Waals surface area (Å²) in [7, 11) is 0. The van der Waals surface area contributed by atoms with Crippen molar-refractivity contribution >= 4 is 22.0 Å². The average Bonchev–Trinajstić information content (AvgIpc) is 2.70. The summed E-state index contributed by atoms with van der Waals surface area (Å²) in [6.07, 6.45) is 3.52. The Morgan fingerprint density at radius 1 is 1.47 bits per heavy atom. The normalized spacial score (nSPS) is 11.8. The second-order valence-electron chi connectivity index (χ2n) is 3.65. The van der Waals surface area contributed by atoms with E-state index in [2.05, 4.69) is 23.3 Å². The number of aromatic nitrogens is 1. The molecule has 0 aliphatic heterocycles. The Morgan fingerprint density at radius 2 is 2.18 bits per heavy atom. The number of nitrogens with two attached hydrogens (primary N) is 1. The zero-order chi connectivity index (χ0) is 12.3. The fourth-order valence-corrected chi connectivity index (χ4v) is 2.38. The van der Waals surface area contributed by atoms with Gasteiger partial charge in [0.2, 0.25) is 0 Å². The summed E-state index contributed by atoms with van der Waals surface area (Å²) in [6, 6.07) is 7.94. The SMILES string of the molecule is CC(Nc1cc(N)c(C#N)s1)c1ccncc1. The molecule has 0 amide bonds.